The second-order valence-electron chi connectivity index (χ2n) is 3.78. The highest BCUT2D eigenvalue weighted by Crippen LogP contribution is 2.30. The molecule has 0 saturated heterocycles. The van der Waals surface area contributed by atoms with Crippen LogP contribution in [0.25, 0.3) is 10.9 Å². The molecule has 1 N–H and O–H groups in total. The maximum atomic E-state index is 13.6. The molecule has 0 aliphatic rings. The highest BCUT2D eigenvalue weighted by Gasteiger charge is 2.18. The van der Waals surface area contributed by atoms with Crippen molar-refractivity contribution in [1.29, 1.82) is 0 Å². The summed E-state index contributed by atoms with van der Waals surface area (Å²) >= 11 is 5.86. The van der Waals surface area contributed by atoms with Crippen molar-refractivity contribution >= 4 is 34.3 Å². The number of halogens is 3. The Morgan fingerprint density at radius 2 is 2.11 bits per heavy atom. The molecule has 100 valence electrons. The maximum Gasteiger partial charge on any atom is 0.411 e. The molecule has 1 heterocycles. The van der Waals surface area contributed by atoms with Gasteiger partial charge in [-0.05, 0) is 13.0 Å². The molecule has 0 fully saturated rings. The Labute approximate surface area is 112 Å². The first-order valence-electron chi connectivity index (χ1n) is 5.39. The summed E-state index contributed by atoms with van der Waals surface area (Å²) in [6.45, 7) is 1.74. The number of anilines is 1. The van der Waals surface area contributed by atoms with Gasteiger partial charge >= 0.3 is 6.09 Å². The predicted molar refractivity (Wildman–Crippen MR) is 67.7 cm³/mol. The molecule has 0 radical (unpaired) electrons. The van der Waals surface area contributed by atoms with Crippen LogP contribution in [0.2, 0.25) is 5.15 Å². The van der Waals surface area contributed by atoms with Gasteiger partial charge in [0, 0.05) is 24.1 Å². The third kappa shape index (κ3) is 2.44. The van der Waals surface area contributed by atoms with E-state index in [0.717, 1.165) is 11.0 Å². The number of rotatable bonds is 2. The number of nitrogens with zero attached hydrogens (tertiary/aromatic N) is 2. The predicted octanol–water partition coefficient (Wildman–Crippen LogP) is 3.67. The van der Waals surface area contributed by atoms with Gasteiger partial charge in [0.2, 0.25) is 0 Å². The molecule has 7 heteroatoms. The second-order valence-corrected chi connectivity index (χ2v) is 4.14. The summed E-state index contributed by atoms with van der Waals surface area (Å²) in [5.41, 5.74) is 0.0994. The molecule has 0 aliphatic heterocycles. The minimum Gasteiger partial charge on any atom is -0.465 e. The largest absolute Gasteiger partial charge is 0.465 e. The van der Waals surface area contributed by atoms with Gasteiger partial charge in [0.1, 0.15) is 11.6 Å². The van der Waals surface area contributed by atoms with Crippen LogP contribution >= 0.6 is 11.6 Å². The van der Waals surface area contributed by atoms with Crippen molar-refractivity contribution in [1.82, 2.24) is 4.98 Å². The molecule has 0 atom stereocenters. The summed E-state index contributed by atoms with van der Waals surface area (Å²) in [7, 11) is 0. The highest BCUT2D eigenvalue weighted by molar-refractivity contribution is 6.33. The van der Waals surface area contributed by atoms with E-state index in [1.54, 1.807) is 6.92 Å². The van der Waals surface area contributed by atoms with E-state index >= 15 is 0 Å². The third-order valence-corrected chi connectivity index (χ3v) is 2.90. The minimum absolute atomic E-state index is 0.0144. The normalized spacial score (nSPS) is 10.7. The van der Waals surface area contributed by atoms with Crippen LogP contribution in [-0.2, 0) is 0 Å². The van der Waals surface area contributed by atoms with E-state index in [2.05, 4.69) is 4.98 Å². The van der Waals surface area contributed by atoms with Crippen LogP contribution < -0.4 is 4.90 Å². The molecule has 0 bridgehead atoms. The van der Waals surface area contributed by atoms with Crippen molar-refractivity contribution in [2.75, 3.05) is 11.4 Å². The number of pyridine rings is 1. The lowest BCUT2D eigenvalue weighted by Crippen LogP contribution is -2.29. The average Bonchev–Trinajstić information content (AvgIpc) is 2.30. The number of hydrogen-bond acceptors (Lipinski definition) is 2. The summed E-state index contributed by atoms with van der Waals surface area (Å²) in [6, 6.07) is 2.99. The number of benzene rings is 1. The molecule has 1 aromatic heterocycles. The van der Waals surface area contributed by atoms with E-state index in [1.807, 2.05) is 0 Å². The lowest BCUT2D eigenvalue weighted by molar-refractivity contribution is 0.202. The maximum absolute atomic E-state index is 13.6. The van der Waals surface area contributed by atoms with Gasteiger partial charge in [-0.15, -0.1) is 0 Å². The fourth-order valence-corrected chi connectivity index (χ4v) is 2.01. The lowest BCUT2D eigenvalue weighted by atomic mass is 10.2. The number of carboxylic acid groups (broad SMARTS) is 1. The Kier molecular flexibility index (Phi) is 3.53. The van der Waals surface area contributed by atoms with Crippen LogP contribution in [0.5, 0.6) is 0 Å². The fraction of sp³-hybridized carbons (Fsp3) is 0.167. The van der Waals surface area contributed by atoms with E-state index in [4.69, 9.17) is 16.7 Å². The van der Waals surface area contributed by atoms with Gasteiger partial charge in [-0.1, -0.05) is 11.6 Å². The van der Waals surface area contributed by atoms with Crippen molar-refractivity contribution in [3.8, 4) is 0 Å². The average molecular weight is 287 g/mol. The van der Waals surface area contributed by atoms with Gasteiger partial charge in [-0.2, -0.15) is 0 Å². The zero-order valence-corrected chi connectivity index (χ0v) is 10.6. The van der Waals surface area contributed by atoms with Gasteiger partial charge in [0.05, 0.1) is 11.2 Å². The zero-order chi connectivity index (χ0) is 14.2. The first-order chi connectivity index (χ1) is 8.93. The number of hydrogen-bond donors (Lipinski definition) is 1. The summed E-state index contributed by atoms with van der Waals surface area (Å²) in [5, 5.41) is 8.91. The lowest BCUT2D eigenvalue weighted by Gasteiger charge is -2.18. The topological polar surface area (TPSA) is 53.4 Å². The summed E-state index contributed by atoms with van der Waals surface area (Å²) in [4.78, 5) is 15.8. The molecule has 0 unspecified atom stereocenters. The molecule has 0 spiro atoms. The van der Waals surface area contributed by atoms with Gasteiger partial charge in [-0.25, -0.2) is 18.6 Å². The van der Waals surface area contributed by atoms with E-state index in [1.165, 1.54) is 6.07 Å². The highest BCUT2D eigenvalue weighted by atomic mass is 35.5. The van der Waals surface area contributed by atoms with Crippen molar-refractivity contribution in [2.24, 2.45) is 0 Å². The van der Waals surface area contributed by atoms with Gasteiger partial charge < -0.3 is 5.11 Å². The van der Waals surface area contributed by atoms with Crippen molar-refractivity contribution < 1.29 is 18.7 Å². The van der Waals surface area contributed by atoms with Gasteiger partial charge in [-0.3, -0.25) is 4.90 Å². The third-order valence-electron chi connectivity index (χ3n) is 2.62. The molecule has 1 amide bonds. The molecule has 0 saturated carbocycles. The molecular formula is C12H9ClF2N2O2. The van der Waals surface area contributed by atoms with E-state index in [-0.39, 0.29) is 28.3 Å². The van der Waals surface area contributed by atoms with Gasteiger partial charge in [0.25, 0.3) is 0 Å². The van der Waals surface area contributed by atoms with Crippen LogP contribution in [0.1, 0.15) is 6.92 Å². The van der Waals surface area contributed by atoms with E-state index in [0.29, 0.717) is 6.07 Å². The molecule has 0 aliphatic carbocycles. The summed E-state index contributed by atoms with van der Waals surface area (Å²) in [6.07, 6.45) is -1.23. The van der Waals surface area contributed by atoms with Crippen LogP contribution in [0.15, 0.2) is 18.2 Å². The zero-order valence-electron chi connectivity index (χ0n) is 9.82. The van der Waals surface area contributed by atoms with E-state index in [9.17, 15) is 13.6 Å². The minimum atomic E-state index is -1.23. The molecule has 2 aromatic rings. The monoisotopic (exact) mass is 286 g/mol. The van der Waals surface area contributed by atoms with Gasteiger partial charge in [0.15, 0.2) is 5.15 Å². The number of carbonyl (C=O) groups is 1. The Hall–Kier alpha value is -1.95. The molecule has 1 aromatic carbocycles. The molecule has 4 nitrogen and oxygen atoms in total. The Morgan fingerprint density at radius 1 is 1.42 bits per heavy atom. The van der Waals surface area contributed by atoms with Crippen molar-refractivity contribution in [2.45, 2.75) is 6.92 Å². The Bertz CT molecular complexity index is 664. The number of amides is 1. The quantitative estimate of drug-likeness (QED) is 0.857. The van der Waals surface area contributed by atoms with E-state index < -0.39 is 17.7 Å². The molecule has 2 rings (SSSR count). The van der Waals surface area contributed by atoms with Crippen LogP contribution in [0.3, 0.4) is 0 Å². The van der Waals surface area contributed by atoms with Crippen molar-refractivity contribution in [3.05, 3.63) is 35.0 Å². The number of fused-ring (bicyclic) bond motifs is 1. The fourth-order valence-electron chi connectivity index (χ4n) is 1.76. The van der Waals surface area contributed by atoms with Crippen molar-refractivity contribution in [3.63, 3.8) is 0 Å². The summed E-state index contributed by atoms with van der Waals surface area (Å²) in [5.74, 6) is -1.59. The first-order valence-corrected chi connectivity index (χ1v) is 5.77. The Balaban J connectivity index is 2.70. The van der Waals surface area contributed by atoms with Crippen LogP contribution in [0, 0.1) is 11.6 Å². The molecule has 19 heavy (non-hydrogen) atoms. The summed E-state index contributed by atoms with van der Waals surface area (Å²) < 4.78 is 26.7. The first kappa shape index (κ1) is 13.5. The standard InChI is InChI=1S/C12H9ClF2N2O2/c1-2-17(12(18)19)10-5-7-8(15)3-6(14)4-9(7)16-11(10)13/h3-5H,2H2,1H3,(H,18,19). The SMILES string of the molecule is CCN(C(=O)O)c1cc2c(F)cc(F)cc2nc1Cl. The molecular weight excluding hydrogens is 278 g/mol. The van der Waals surface area contributed by atoms with Crippen LogP contribution in [-0.4, -0.2) is 22.7 Å². The number of aromatic nitrogens is 1. The van der Waals surface area contributed by atoms with Crippen LogP contribution in [0.4, 0.5) is 19.3 Å². The smallest absolute Gasteiger partial charge is 0.411 e. The Morgan fingerprint density at radius 3 is 2.68 bits per heavy atom. The second kappa shape index (κ2) is 4.97.